The third kappa shape index (κ3) is 5.91. The van der Waals surface area contributed by atoms with E-state index in [0.717, 1.165) is 25.4 Å². The monoisotopic (exact) mass is 474 g/mol. The van der Waals surface area contributed by atoms with E-state index in [4.69, 9.17) is 4.74 Å². The van der Waals surface area contributed by atoms with Gasteiger partial charge in [-0.25, -0.2) is 4.39 Å². The van der Waals surface area contributed by atoms with E-state index >= 15 is 0 Å². The molecule has 3 aromatic rings. The Kier molecular flexibility index (Phi) is 7.86. The van der Waals surface area contributed by atoms with Gasteiger partial charge in [-0.2, -0.15) is 0 Å². The second-order valence-corrected chi connectivity index (χ2v) is 9.83. The molecular weight excluding hydrogens is 439 g/mol. The average Bonchev–Trinajstić information content (AvgIpc) is 3.24. The summed E-state index contributed by atoms with van der Waals surface area (Å²) in [5.74, 6) is 1.10. The number of hydrogen-bond donors (Lipinski definition) is 0. The summed E-state index contributed by atoms with van der Waals surface area (Å²) in [5.41, 5.74) is 4.38. The maximum Gasteiger partial charge on any atom is 0.254 e. The molecule has 5 heteroatoms. The van der Waals surface area contributed by atoms with Crippen molar-refractivity contribution in [2.45, 2.75) is 39.3 Å². The summed E-state index contributed by atoms with van der Waals surface area (Å²) >= 11 is 0. The molecule has 0 bridgehead atoms. The van der Waals surface area contributed by atoms with Crippen molar-refractivity contribution in [1.29, 1.82) is 0 Å². The van der Waals surface area contributed by atoms with E-state index in [1.54, 1.807) is 19.2 Å². The topological polar surface area (TPSA) is 32.8 Å². The number of hydrogen-bond acceptors (Lipinski definition) is 3. The number of rotatable bonds is 8. The molecule has 1 fully saturated rings. The molecule has 0 radical (unpaired) electrons. The Morgan fingerprint density at radius 2 is 1.80 bits per heavy atom. The minimum atomic E-state index is -0.332. The van der Waals surface area contributed by atoms with Crippen LogP contribution in [0.15, 0.2) is 72.8 Å². The third-order valence-electron chi connectivity index (χ3n) is 7.05. The molecule has 4 rings (SSSR count). The van der Waals surface area contributed by atoms with Crippen molar-refractivity contribution in [2.75, 3.05) is 26.7 Å². The number of carbonyl (C=O) groups excluding carboxylic acids is 1. The first-order valence-electron chi connectivity index (χ1n) is 12.3. The van der Waals surface area contributed by atoms with Crippen molar-refractivity contribution in [3.05, 3.63) is 101 Å². The van der Waals surface area contributed by atoms with Crippen LogP contribution in [0.25, 0.3) is 0 Å². The number of halogens is 1. The van der Waals surface area contributed by atoms with Gasteiger partial charge in [0.15, 0.2) is 0 Å². The molecule has 2 unspecified atom stereocenters. The molecule has 2 atom stereocenters. The van der Waals surface area contributed by atoms with Crippen LogP contribution in [-0.4, -0.2) is 48.5 Å². The SMILES string of the molecule is COc1cccc(CN2CC(CN(C(=O)c3ccc(F)cc3)C(C)C)C(c3ccccc3C)C2)c1. The first-order chi connectivity index (χ1) is 16.9. The molecule has 1 amide bonds. The Balaban J connectivity index is 1.59. The molecule has 0 N–H and O–H groups in total. The molecule has 1 heterocycles. The number of nitrogens with zero attached hydrogens (tertiary/aromatic N) is 2. The molecule has 4 nitrogen and oxygen atoms in total. The van der Waals surface area contributed by atoms with E-state index < -0.39 is 0 Å². The van der Waals surface area contributed by atoms with Gasteiger partial charge in [0.25, 0.3) is 5.91 Å². The van der Waals surface area contributed by atoms with Gasteiger partial charge in [0.2, 0.25) is 0 Å². The van der Waals surface area contributed by atoms with Gasteiger partial charge in [-0.1, -0.05) is 36.4 Å². The van der Waals surface area contributed by atoms with E-state index in [-0.39, 0.29) is 23.7 Å². The molecular formula is C30H35FN2O2. The Labute approximate surface area is 208 Å². The van der Waals surface area contributed by atoms with Crippen LogP contribution in [0, 0.1) is 18.7 Å². The van der Waals surface area contributed by atoms with Crippen molar-refractivity contribution >= 4 is 5.91 Å². The minimum Gasteiger partial charge on any atom is -0.497 e. The van der Waals surface area contributed by atoms with E-state index in [2.05, 4.69) is 48.2 Å². The van der Waals surface area contributed by atoms with Crippen LogP contribution in [0.4, 0.5) is 4.39 Å². The highest BCUT2D eigenvalue weighted by Gasteiger charge is 2.37. The zero-order chi connectivity index (χ0) is 24.9. The van der Waals surface area contributed by atoms with Crippen molar-refractivity contribution in [3.63, 3.8) is 0 Å². The van der Waals surface area contributed by atoms with Crippen molar-refractivity contribution in [2.24, 2.45) is 5.92 Å². The van der Waals surface area contributed by atoms with Crippen LogP contribution in [-0.2, 0) is 6.54 Å². The lowest BCUT2D eigenvalue weighted by Crippen LogP contribution is -2.42. The van der Waals surface area contributed by atoms with Crippen LogP contribution in [0.5, 0.6) is 5.75 Å². The fourth-order valence-electron chi connectivity index (χ4n) is 5.20. The van der Waals surface area contributed by atoms with Gasteiger partial charge in [-0.05, 0) is 79.8 Å². The Bertz CT molecular complexity index is 1150. The van der Waals surface area contributed by atoms with Crippen LogP contribution in [0.2, 0.25) is 0 Å². The first kappa shape index (κ1) is 24.9. The van der Waals surface area contributed by atoms with Gasteiger partial charge in [0, 0.05) is 43.7 Å². The average molecular weight is 475 g/mol. The second-order valence-electron chi connectivity index (χ2n) is 9.83. The molecule has 184 valence electrons. The predicted molar refractivity (Wildman–Crippen MR) is 138 cm³/mol. The largest absolute Gasteiger partial charge is 0.497 e. The van der Waals surface area contributed by atoms with Crippen LogP contribution in [0.3, 0.4) is 0 Å². The highest BCUT2D eigenvalue weighted by Crippen LogP contribution is 2.36. The lowest BCUT2D eigenvalue weighted by atomic mass is 9.86. The van der Waals surface area contributed by atoms with Gasteiger partial charge in [0.1, 0.15) is 11.6 Å². The number of aryl methyl sites for hydroxylation is 1. The maximum atomic E-state index is 13.4. The number of carbonyl (C=O) groups is 1. The molecule has 1 aliphatic rings. The Morgan fingerprint density at radius 3 is 2.49 bits per heavy atom. The first-order valence-corrected chi connectivity index (χ1v) is 12.3. The molecule has 0 aliphatic carbocycles. The maximum absolute atomic E-state index is 13.4. The Hall–Kier alpha value is -3.18. The molecule has 0 spiro atoms. The van der Waals surface area contributed by atoms with Crippen LogP contribution < -0.4 is 4.74 Å². The summed E-state index contributed by atoms with van der Waals surface area (Å²) in [5, 5.41) is 0. The number of ether oxygens (including phenoxy) is 1. The van der Waals surface area contributed by atoms with Crippen molar-refractivity contribution in [3.8, 4) is 5.75 Å². The zero-order valence-corrected chi connectivity index (χ0v) is 21.1. The van der Waals surface area contributed by atoms with Gasteiger partial charge < -0.3 is 9.64 Å². The normalized spacial score (nSPS) is 18.1. The number of amides is 1. The number of methoxy groups -OCH3 is 1. The highest BCUT2D eigenvalue weighted by molar-refractivity contribution is 5.94. The van der Waals surface area contributed by atoms with E-state index in [1.807, 2.05) is 30.9 Å². The standard InChI is InChI=1S/C30H35FN2O2/c1-21(2)33(30(34)24-12-14-26(31)15-13-24)19-25-18-32(17-23-9-7-10-27(16-23)35-4)20-29(25)28-11-6-5-8-22(28)3/h5-16,21,25,29H,17-20H2,1-4H3. The second kappa shape index (κ2) is 11.0. The van der Waals surface area contributed by atoms with Crippen LogP contribution >= 0.6 is 0 Å². The van der Waals surface area contributed by atoms with Gasteiger partial charge >= 0.3 is 0 Å². The Morgan fingerprint density at radius 1 is 1.06 bits per heavy atom. The smallest absolute Gasteiger partial charge is 0.254 e. The summed E-state index contributed by atoms with van der Waals surface area (Å²) in [6.45, 7) is 9.59. The zero-order valence-electron chi connectivity index (χ0n) is 21.1. The number of likely N-dealkylation sites (tertiary alicyclic amines) is 1. The number of benzene rings is 3. The van der Waals surface area contributed by atoms with Gasteiger partial charge in [-0.3, -0.25) is 9.69 Å². The van der Waals surface area contributed by atoms with E-state index in [0.29, 0.717) is 18.0 Å². The van der Waals surface area contributed by atoms with E-state index in [1.165, 1.54) is 28.8 Å². The molecule has 1 aliphatic heterocycles. The minimum absolute atomic E-state index is 0.0394. The lowest BCUT2D eigenvalue weighted by Gasteiger charge is -2.32. The predicted octanol–water partition coefficient (Wildman–Crippen LogP) is 5.91. The lowest BCUT2D eigenvalue weighted by molar-refractivity contribution is 0.0668. The van der Waals surface area contributed by atoms with Gasteiger partial charge in [0.05, 0.1) is 7.11 Å². The van der Waals surface area contributed by atoms with Crippen molar-refractivity contribution < 1.29 is 13.9 Å². The van der Waals surface area contributed by atoms with Crippen molar-refractivity contribution in [1.82, 2.24) is 9.80 Å². The molecule has 0 aromatic heterocycles. The fourth-order valence-corrected chi connectivity index (χ4v) is 5.20. The molecule has 1 saturated heterocycles. The highest BCUT2D eigenvalue weighted by atomic mass is 19.1. The summed E-state index contributed by atoms with van der Waals surface area (Å²) < 4.78 is 18.9. The van der Waals surface area contributed by atoms with Gasteiger partial charge in [-0.15, -0.1) is 0 Å². The molecule has 35 heavy (non-hydrogen) atoms. The third-order valence-corrected chi connectivity index (χ3v) is 7.05. The summed E-state index contributed by atoms with van der Waals surface area (Å²) in [6, 6.07) is 22.7. The van der Waals surface area contributed by atoms with E-state index in [9.17, 15) is 9.18 Å². The molecule has 3 aromatic carbocycles. The summed E-state index contributed by atoms with van der Waals surface area (Å²) in [7, 11) is 1.69. The molecule has 0 saturated carbocycles. The van der Waals surface area contributed by atoms with Crippen LogP contribution in [0.1, 0.15) is 46.8 Å². The fraction of sp³-hybridized carbons (Fsp3) is 0.367. The summed E-state index contributed by atoms with van der Waals surface area (Å²) in [4.78, 5) is 17.8. The quantitative estimate of drug-likeness (QED) is 0.407. The summed E-state index contributed by atoms with van der Waals surface area (Å²) in [6.07, 6.45) is 0.